The summed E-state index contributed by atoms with van der Waals surface area (Å²) in [5, 5.41) is 0. The third-order valence-electron chi connectivity index (χ3n) is 6.04. The molecule has 0 bridgehead atoms. The highest BCUT2D eigenvalue weighted by Crippen LogP contribution is 2.37. The molecule has 1 aromatic carbocycles. The standard InChI is InChI=1S/C24H30FN3O6/c1-4-33-23(31)22-16(3)28(20(29)14-19(22)17-6-8-18(25)9-7-17)15-21(30)26-10-12-27(13-11-26)24(32)34-5-2/h6-9,19H,4-5,10-15H2,1-3H3. The largest absolute Gasteiger partial charge is 0.463 e. The first kappa shape index (κ1) is 25.2. The van der Waals surface area contributed by atoms with Gasteiger partial charge in [0, 0.05) is 44.2 Å². The molecule has 10 heteroatoms. The zero-order valence-electron chi connectivity index (χ0n) is 19.7. The number of piperazine rings is 1. The van der Waals surface area contributed by atoms with Crippen LogP contribution in [0.1, 0.15) is 38.7 Å². The Balaban J connectivity index is 1.78. The van der Waals surface area contributed by atoms with E-state index in [9.17, 15) is 23.6 Å². The summed E-state index contributed by atoms with van der Waals surface area (Å²) >= 11 is 0. The van der Waals surface area contributed by atoms with Crippen LogP contribution in [0.2, 0.25) is 0 Å². The molecular weight excluding hydrogens is 445 g/mol. The first-order valence-electron chi connectivity index (χ1n) is 11.4. The normalized spacial score (nSPS) is 18.8. The number of ether oxygens (including phenoxy) is 2. The van der Waals surface area contributed by atoms with E-state index in [-0.39, 0.29) is 43.6 Å². The van der Waals surface area contributed by atoms with Gasteiger partial charge in [0.2, 0.25) is 11.8 Å². The highest BCUT2D eigenvalue weighted by molar-refractivity contribution is 5.97. The van der Waals surface area contributed by atoms with Crippen molar-refractivity contribution in [3.8, 4) is 0 Å². The molecule has 1 saturated heterocycles. The number of hydrogen-bond donors (Lipinski definition) is 0. The van der Waals surface area contributed by atoms with Gasteiger partial charge in [-0.3, -0.25) is 9.59 Å². The minimum Gasteiger partial charge on any atom is -0.463 e. The van der Waals surface area contributed by atoms with Gasteiger partial charge in [0.15, 0.2) is 0 Å². The van der Waals surface area contributed by atoms with E-state index in [1.165, 1.54) is 21.9 Å². The van der Waals surface area contributed by atoms with E-state index >= 15 is 0 Å². The number of rotatable bonds is 6. The Morgan fingerprint density at radius 2 is 1.56 bits per heavy atom. The van der Waals surface area contributed by atoms with Crippen LogP contribution < -0.4 is 0 Å². The molecule has 9 nitrogen and oxygen atoms in total. The van der Waals surface area contributed by atoms with Crippen molar-refractivity contribution in [3.05, 3.63) is 46.9 Å². The van der Waals surface area contributed by atoms with Gasteiger partial charge in [-0.15, -0.1) is 0 Å². The lowest BCUT2D eigenvalue weighted by Crippen LogP contribution is -2.53. The van der Waals surface area contributed by atoms with E-state index in [0.29, 0.717) is 37.4 Å². The van der Waals surface area contributed by atoms with Crippen LogP contribution in [0.15, 0.2) is 35.5 Å². The van der Waals surface area contributed by atoms with Crippen LogP contribution in [0.3, 0.4) is 0 Å². The maximum absolute atomic E-state index is 13.4. The molecule has 1 atom stereocenters. The molecule has 184 valence electrons. The van der Waals surface area contributed by atoms with Crippen LogP contribution in [0.4, 0.5) is 9.18 Å². The molecule has 0 spiro atoms. The zero-order valence-corrected chi connectivity index (χ0v) is 19.7. The SMILES string of the molecule is CCOC(=O)C1=C(C)N(CC(=O)N2CCN(C(=O)OCC)CC2)C(=O)CC1c1ccc(F)cc1. The van der Waals surface area contributed by atoms with E-state index in [1.807, 2.05) is 0 Å². The fraction of sp³-hybridized carbons (Fsp3) is 0.500. The lowest BCUT2D eigenvalue weighted by Gasteiger charge is -2.37. The summed E-state index contributed by atoms with van der Waals surface area (Å²) in [6.45, 7) is 6.58. The zero-order chi connectivity index (χ0) is 24.8. The van der Waals surface area contributed by atoms with Crippen molar-refractivity contribution in [3.63, 3.8) is 0 Å². The van der Waals surface area contributed by atoms with Crippen molar-refractivity contribution in [1.82, 2.24) is 14.7 Å². The smallest absolute Gasteiger partial charge is 0.409 e. The van der Waals surface area contributed by atoms with Crippen LogP contribution in [0, 0.1) is 5.82 Å². The number of nitrogens with zero attached hydrogens (tertiary/aromatic N) is 3. The van der Waals surface area contributed by atoms with Gasteiger partial charge < -0.3 is 24.2 Å². The highest BCUT2D eigenvalue weighted by atomic mass is 19.1. The van der Waals surface area contributed by atoms with Crippen LogP contribution in [0.5, 0.6) is 0 Å². The fourth-order valence-electron chi connectivity index (χ4n) is 4.25. The number of allylic oxidation sites excluding steroid dienone is 1. The molecule has 0 radical (unpaired) electrons. The quantitative estimate of drug-likeness (QED) is 0.586. The minimum absolute atomic E-state index is 0.0406. The van der Waals surface area contributed by atoms with Crippen molar-refractivity contribution in [2.24, 2.45) is 0 Å². The number of halogens is 1. The summed E-state index contributed by atoms with van der Waals surface area (Å²) in [5.41, 5.74) is 1.26. The predicted octanol–water partition coefficient (Wildman–Crippen LogP) is 2.28. The van der Waals surface area contributed by atoms with Gasteiger partial charge in [-0.1, -0.05) is 12.1 Å². The van der Waals surface area contributed by atoms with Gasteiger partial charge in [-0.05, 0) is 38.5 Å². The maximum atomic E-state index is 13.4. The summed E-state index contributed by atoms with van der Waals surface area (Å²) < 4.78 is 23.6. The summed E-state index contributed by atoms with van der Waals surface area (Å²) in [7, 11) is 0. The Kier molecular flexibility index (Phi) is 8.25. The fourth-order valence-corrected chi connectivity index (χ4v) is 4.25. The first-order valence-corrected chi connectivity index (χ1v) is 11.4. The molecule has 2 aliphatic rings. The second kappa shape index (κ2) is 11.1. The van der Waals surface area contributed by atoms with Gasteiger partial charge in [0.05, 0.1) is 18.8 Å². The van der Waals surface area contributed by atoms with E-state index in [4.69, 9.17) is 9.47 Å². The number of carbonyl (C=O) groups excluding carboxylic acids is 4. The second-order valence-corrected chi connectivity index (χ2v) is 8.07. The molecule has 0 saturated carbocycles. The highest BCUT2D eigenvalue weighted by Gasteiger charge is 2.38. The third-order valence-corrected chi connectivity index (χ3v) is 6.04. The maximum Gasteiger partial charge on any atom is 0.409 e. The lowest BCUT2D eigenvalue weighted by atomic mass is 9.83. The molecule has 2 heterocycles. The minimum atomic E-state index is -0.591. The number of hydrogen-bond acceptors (Lipinski definition) is 6. The number of esters is 1. The Morgan fingerprint density at radius 3 is 2.15 bits per heavy atom. The molecule has 1 aromatic rings. The van der Waals surface area contributed by atoms with E-state index < -0.39 is 23.8 Å². The Labute approximate surface area is 198 Å². The molecule has 1 unspecified atom stereocenters. The van der Waals surface area contributed by atoms with Gasteiger partial charge in [0.25, 0.3) is 0 Å². The van der Waals surface area contributed by atoms with Crippen molar-refractivity contribution in [1.29, 1.82) is 0 Å². The summed E-state index contributed by atoms with van der Waals surface area (Å²) in [6, 6.07) is 5.65. The summed E-state index contributed by atoms with van der Waals surface area (Å²) in [4.78, 5) is 55.1. The topological polar surface area (TPSA) is 96.5 Å². The summed E-state index contributed by atoms with van der Waals surface area (Å²) in [5.74, 6) is -2.16. The van der Waals surface area contributed by atoms with Crippen molar-refractivity contribution in [2.45, 2.75) is 33.1 Å². The lowest BCUT2D eigenvalue weighted by molar-refractivity contribution is -0.143. The predicted molar refractivity (Wildman–Crippen MR) is 120 cm³/mol. The van der Waals surface area contributed by atoms with Gasteiger partial charge >= 0.3 is 12.1 Å². The molecule has 2 aliphatic heterocycles. The van der Waals surface area contributed by atoms with Gasteiger partial charge in [0.1, 0.15) is 12.4 Å². The van der Waals surface area contributed by atoms with Crippen LogP contribution >= 0.6 is 0 Å². The van der Waals surface area contributed by atoms with Crippen molar-refractivity contribution >= 4 is 23.9 Å². The number of carbonyl (C=O) groups is 4. The Hall–Kier alpha value is -3.43. The molecule has 34 heavy (non-hydrogen) atoms. The summed E-state index contributed by atoms with van der Waals surface area (Å²) in [6.07, 6.45) is -0.452. The van der Waals surface area contributed by atoms with Crippen LogP contribution in [-0.4, -0.2) is 84.5 Å². The molecule has 0 aromatic heterocycles. The molecule has 3 amide bonds. The molecule has 0 aliphatic carbocycles. The number of benzene rings is 1. The first-order chi connectivity index (χ1) is 16.3. The second-order valence-electron chi connectivity index (χ2n) is 8.07. The molecule has 1 fully saturated rings. The van der Waals surface area contributed by atoms with Crippen LogP contribution in [0.25, 0.3) is 0 Å². The Morgan fingerprint density at radius 1 is 0.971 bits per heavy atom. The average Bonchev–Trinajstić information content (AvgIpc) is 2.82. The number of amides is 3. The van der Waals surface area contributed by atoms with Gasteiger partial charge in [-0.2, -0.15) is 0 Å². The Bertz CT molecular complexity index is 969. The van der Waals surface area contributed by atoms with Gasteiger partial charge in [-0.25, -0.2) is 14.0 Å². The van der Waals surface area contributed by atoms with E-state index in [0.717, 1.165) is 0 Å². The van der Waals surface area contributed by atoms with Crippen molar-refractivity contribution in [2.75, 3.05) is 45.9 Å². The molecular formula is C24H30FN3O6. The van der Waals surface area contributed by atoms with E-state index in [1.54, 1.807) is 37.8 Å². The molecule has 3 rings (SSSR count). The van der Waals surface area contributed by atoms with Crippen molar-refractivity contribution < 1.29 is 33.0 Å². The third kappa shape index (κ3) is 5.55. The monoisotopic (exact) mass is 475 g/mol. The van der Waals surface area contributed by atoms with Crippen LogP contribution in [-0.2, 0) is 23.9 Å². The van der Waals surface area contributed by atoms with E-state index in [2.05, 4.69) is 0 Å². The molecule has 0 N–H and O–H groups in total. The average molecular weight is 476 g/mol.